The molecule has 0 aliphatic rings. The molecule has 6 heteroatoms. The van der Waals surface area contributed by atoms with Gasteiger partial charge >= 0.3 is 0 Å². The first kappa shape index (κ1) is 14.5. The molecular weight excluding hydrogens is 278 g/mol. The van der Waals surface area contributed by atoms with Crippen molar-refractivity contribution in [3.05, 3.63) is 65.0 Å². The summed E-state index contributed by atoms with van der Waals surface area (Å²) in [5.41, 5.74) is 1.35. The third-order valence-electron chi connectivity index (χ3n) is 3.89. The van der Waals surface area contributed by atoms with Crippen molar-refractivity contribution in [2.24, 2.45) is 0 Å². The van der Waals surface area contributed by atoms with Crippen molar-refractivity contribution in [2.75, 3.05) is 0 Å². The first-order chi connectivity index (χ1) is 10.6. The Balaban J connectivity index is 1.72. The maximum Gasteiger partial charge on any atom is 0.258 e. The summed E-state index contributed by atoms with van der Waals surface area (Å²) in [7, 11) is 0. The lowest BCUT2D eigenvalue weighted by molar-refractivity contribution is 0.363. The maximum atomic E-state index is 12.0. The Labute approximate surface area is 128 Å². The fourth-order valence-corrected chi connectivity index (χ4v) is 2.38. The molecule has 0 fully saturated rings. The van der Waals surface area contributed by atoms with E-state index in [9.17, 15) is 4.79 Å². The third-order valence-corrected chi connectivity index (χ3v) is 3.89. The van der Waals surface area contributed by atoms with E-state index in [0.29, 0.717) is 12.2 Å². The van der Waals surface area contributed by atoms with E-state index in [1.165, 1.54) is 0 Å². The lowest BCUT2D eigenvalue weighted by Crippen LogP contribution is -2.34. The number of fused-ring (bicyclic) bond motifs is 1. The van der Waals surface area contributed by atoms with E-state index in [1.807, 2.05) is 35.1 Å². The molecule has 3 rings (SSSR count). The van der Waals surface area contributed by atoms with Crippen LogP contribution in [-0.2, 0) is 6.54 Å². The van der Waals surface area contributed by atoms with Crippen LogP contribution in [0.15, 0.2) is 53.7 Å². The Morgan fingerprint density at radius 1 is 1.23 bits per heavy atom. The lowest BCUT2D eigenvalue weighted by atomic mass is 10.1. The van der Waals surface area contributed by atoms with Crippen LogP contribution in [0, 0.1) is 0 Å². The quantitative estimate of drug-likeness (QED) is 0.777. The summed E-state index contributed by atoms with van der Waals surface area (Å²) in [5, 5.41) is 7.66. The average molecular weight is 297 g/mol. The SMILES string of the molecule is C[C@H](NCc1cc(=O)n2ccccc2n1)[C@@H](C)n1cccn1. The molecular formula is C16H19N5O. The molecule has 22 heavy (non-hydrogen) atoms. The molecule has 0 saturated heterocycles. The Bertz CT molecular complexity index is 809. The van der Waals surface area contributed by atoms with Crippen LogP contribution in [0.1, 0.15) is 25.6 Å². The third kappa shape index (κ3) is 2.92. The van der Waals surface area contributed by atoms with Crippen molar-refractivity contribution in [1.82, 2.24) is 24.5 Å². The van der Waals surface area contributed by atoms with Crippen molar-refractivity contribution in [3.8, 4) is 0 Å². The summed E-state index contributed by atoms with van der Waals surface area (Å²) in [6, 6.07) is 9.44. The maximum absolute atomic E-state index is 12.0. The molecule has 0 unspecified atom stereocenters. The molecule has 3 aromatic rings. The Morgan fingerprint density at radius 2 is 2.09 bits per heavy atom. The second-order valence-electron chi connectivity index (χ2n) is 5.41. The van der Waals surface area contributed by atoms with Crippen LogP contribution in [0.5, 0.6) is 0 Å². The van der Waals surface area contributed by atoms with E-state index in [0.717, 1.165) is 5.69 Å². The van der Waals surface area contributed by atoms with Gasteiger partial charge in [-0.25, -0.2) is 4.98 Å². The second kappa shape index (κ2) is 6.11. The Morgan fingerprint density at radius 3 is 2.86 bits per heavy atom. The monoisotopic (exact) mass is 297 g/mol. The van der Waals surface area contributed by atoms with Gasteiger partial charge < -0.3 is 5.32 Å². The number of hydrogen-bond donors (Lipinski definition) is 1. The molecule has 0 aromatic carbocycles. The summed E-state index contributed by atoms with van der Waals surface area (Å²) < 4.78 is 3.46. The van der Waals surface area contributed by atoms with Gasteiger partial charge in [-0.2, -0.15) is 5.10 Å². The number of rotatable bonds is 5. The molecule has 0 radical (unpaired) electrons. The molecule has 0 saturated carbocycles. The smallest absolute Gasteiger partial charge is 0.258 e. The molecule has 0 bridgehead atoms. The molecule has 0 aliphatic carbocycles. The summed E-state index contributed by atoms with van der Waals surface area (Å²) in [4.78, 5) is 16.6. The summed E-state index contributed by atoms with van der Waals surface area (Å²) in [6.07, 6.45) is 5.45. The largest absolute Gasteiger partial charge is 0.307 e. The van der Waals surface area contributed by atoms with Gasteiger partial charge in [0.25, 0.3) is 5.56 Å². The second-order valence-corrected chi connectivity index (χ2v) is 5.41. The van der Waals surface area contributed by atoms with Crippen molar-refractivity contribution in [1.29, 1.82) is 0 Å². The number of pyridine rings is 1. The molecule has 3 heterocycles. The van der Waals surface area contributed by atoms with Crippen molar-refractivity contribution < 1.29 is 0 Å². The van der Waals surface area contributed by atoms with Crippen molar-refractivity contribution >= 4 is 5.65 Å². The van der Waals surface area contributed by atoms with Gasteiger partial charge in [-0.15, -0.1) is 0 Å². The van der Waals surface area contributed by atoms with Crippen LogP contribution >= 0.6 is 0 Å². The highest BCUT2D eigenvalue weighted by Gasteiger charge is 2.14. The Kier molecular flexibility index (Phi) is 4.02. The molecule has 1 N–H and O–H groups in total. The van der Waals surface area contributed by atoms with Crippen LogP contribution in [0.4, 0.5) is 0 Å². The van der Waals surface area contributed by atoms with Gasteiger partial charge in [0.15, 0.2) is 0 Å². The molecule has 0 spiro atoms. The zero-order valence-electron chi connectivity index (χ0n) is 12.7. The van der Waals surface area contributed by atoms with E-state index in [2.05, 4.69) is 29.2 Å². The van der Waals surface area contributed by atoms with Gasteiger partial charge in [-0.1, -0.05) is 6.07 Å². The average Bonchev–Trinajstić information content (AvgIpc) is 3.06. The fraction of sp³-hybridized carbons (Fsp3) is 0.312. The molecule has 6 nitrogen and oxygen atoms in total. The van der Waals surface area contributed by atoms with Crippen LogP contribution in [0.3, 0.4) is 0 Å². The highest BCUT2D eigenvalue weighted by Crippen LogP contribution is 2.09. The van der Waals surface area contributed by atoms with Crippen LogP contribution in [-0.4, -0.2) is 25.2 Å². The minimum Gasteiger partial charge on any atom is -0.307 e. The summed E-state index contributed by atoms with van der Waals surface area (Å²) >= 11 is 0. The highest BCUT2D eigenvalue weighted by molar-refractivity contribution is 5.37. The Hall–Kier alpha value is -2.47. The van der Waals surface area contributed by atoms with Gasteiger partial charge in [0, 0.05) is 37.2 Å². The van der Waals surface area contributed by atoms with E-state index in [1.54, 1.807) is 22.9 Å². The van der Waals surface area contributed by atoms with Gasteiger partial charge in [-0.3, -0.25) is 13.9 Å². The number of hydrogen-bond acceptors (Lipinski definition) is 4. The van der Waals surface area contributed by atoms with E-state index in [4.69, 9.17) is 0 Å². The normalized spacial score (nSPS) is 14.1. The predicted octanol–water partition coefficient (Wildman–Crippen LogP) is 1.63. The highest BCUT2D eigenvalue weighted by atomic mass is 16.1. The van der Waals surface area contributed by atoms with Gasteiger partial charge in [0.05, 0.1) is 11.7 Å². The van der Waals surface area contributed by atoms with Crippen LogP contribution in [0.25, 0.3) is 5.65 Å². The summed E-state index contributed by atoms with van der Waals surface area (Å²) in [6.45, 7) is 4.75. The van der Waals surface area contributed by atoms with Crippen molar-refractivity contribution in [2.45, 2.75) is 32.5 Å². The minimum atomic E-state index is -0.0600. The first-order valence-electron chi connectivity index (χ1n) is 7.35. The number of aromatic nitrogens is 4. The summed E-state index contributed by atoms with van der Waals surface area (Å²) in [5.74, 6) is 0. The predicted molar refractivity (Wildman–Crippen MR) is 84.7 cm³/mol. The van der Waals surface area contributed by atoms with Crippen LogP contribution < -0.4 is 10.9 Å². The van der Waals surface area contributed by atoms with Crippen LogP contribution in [0.2, 0.25) is 0 Å². The van der Waals surface area contributed by atoms with Gasteiger partial charge in [-0.05, 0) is 32.0 Å². The molecule has 0 amide bonds. The zero-order valence-corrected chi connectivity index (χ0v) is 12.7. The molecule has 114 valence electrons. The standard InChI is InChI=1S/C16H19N5O/c1-12(13(2)21-9-5-7-18-21)17-11-14-10-16(22)20-8-4-3-6-15(20)19-14/h3-10,12-13,17H,11H2,1-2H3/t12-,13+/m0/s1. The molecule has 2 atom stereocenters. The van der Waals surface area contributed by atoms with Gasteiger partial charge in [0.2, 0.25) is 0 Å². The lowest BCUT2D eigenvalue weighted by Gasteiger charge is -2.21. The molecule has 0 aliphatic heterocycles. The van der Waals surface area contributed by atoms with E-state index >= 15 is 0 Å². The zero-order chi connectivity index (χ0) is 15.5. The number of nitrogens with zero attached hydrogens (tertiary/aromatic N) is 4. The number of nitrogens with one attached hydrogen (secondary N) is 1. The van der Waals surface area contributed by atoms with Crippen molar-refractivity contribution in [3.63, 3.8) is 0 Å². The van der Waals surface area contributed by atoms with Gasteiger partial charge in [0.1, 0.15) is 5.65 Å². The topological polar surface area (TPSA) is 64.2 Å². The first-order valence-corrected chi connectivity index (χ1v) is 7.35. The molecule has 3 aromatic heterocycles. The minimum absolute atomic E-state index is 0.0600. The fourth-order valence-electron chi connectivity index (χ4n) is 2.38. The van der Waals surface area contributed by atoms with E-state index in [-0.39, 0.29) is 17.6 Å². The van der Waals surface area contributed by atoms with E-state index < -0.39 is 0 Å².